The molecule has 2 rings (SSSR count). The van der Waals surface area contributed by atoms with Gasteiger partial charge in [-0.3, -0.25) is 9.59 Å². The minimum absolute atomic E-state index is 0.0337. The summed E-state index contributed by atoms with van der Waals surface area (Å²) < 4.78 is 0. The van der Waals surface area contributed by atoms with E-state index in [1.807, 2.05) is 0 Å². The summed E-state index contributed by atoms with van der Waals surface area (Å²) in [6.45, 7) is 1.60. The molecule has 0 bridgehead atoms. The van der Waals surface area contributed by atoms with E-state index in [1.54, 1.807) is 43.3 Å². The SMILES string of the molecule is C/C(=N\NC(=O)C(=O)Nc1cccc(Cl)c1)c1ccccc1O. The number of nitrogens with one attached hydrogen (secondary N) is 2. The van der Waals surface area contributed by atoms with Crippen LogP contribution in [-0.2, 0) is 9.59 Å². The molecule has 118 valence electrons. The summed E-state index contributed by atoms with van der Waals surface area (Å²) in [7, 11) is 0. The number of aromatic hydroxyl groups is 1. The molecule has 0 atom stereocenters. The summed E-state index contributed by atoms with van der Waals surface area (Å²) in [4.78, 5) is 23.5. The Bertz CT molecular complexity index is 775. The van der Waals surface area contributed by atoms with Crippen LogP contribution in [0.25, 0.3) is 0 Å². The number of hydrazone groups is 1. The zero-order chi connectivity index (χ0) is 16.8. The Balaban J connectivity index is 2.00. The average molecular weight is 332 g/mol. The van der Waals surface area contributed by atoms with Gasteiger partial charge in [-0.1, -0.05) is 29.8 Å². The molecule has 7 heteroatoms. The summed E-state index contributed by atoms with van der Waals surface area (Å²) in [6, 6.07) is 13.0. The Labute approximate surface area is 137 Å². The third kappa shape index (κ3) is 4.55. The van der Waals surface area contributed by atoms with E-state index in [9.17, 15) is 14.7 Å². The Morgan fingerprint density at radius 3 is 2.52 bits per heavy atom. The molecule has 0 fully saturated rings. The van der Waals surface area contributed by atoms with Gasteiger partial charge in [-0.25, -0.2) is 5.43 Å². The fourth-order valence-corrected chi connectivity index (χ4v) is 1.97. The number of benzene rings is 2. The molecule has 0 aromatic heterocycles. The van der Waals surface area contributed by atoms with Gasteiger partial charge in [-0.2, -0.15) is 5.10 Å². The van der Waals surface area contributed by atoms with E-state index >= 15 is 0 Å². The number of hydrogen-bond acceptors (Lipinski definition) is 4. The van der Waals surface area contributed by atoms with E-state index in [4.69, 9.17) is 11.6 Å². The molecule has 0 aliphatic heterocycles. The Kier molecular flexibility index (Phi) is 5.32. The first-order chi connectivity index (χ1) is 11.0. The fourth-order valence-electron chi connectivity index (χ4n) is 1.78. The molecule has 0 radical (unpaired) electrons. The van der Waals surface area contributed by atoms with Crippen LogP contribution < -0.4 is 10.7 Å². The van der Waals surface area contributed by atoms with Gasteiger partial charge in [0.25, 0.3) is 0 Å². The molecule has 23 heavy (non-hydrogen) atoms. The molecule has 0 aliphatic rings. The molecular weight excluding hydrogens is 318 g/mol. The van der Waals surface area contributed by atoms with Crippen LogP contribution in [0, 0.1) is 0 Å². The number of carbonyl (C=O) groups is 2. The van der Waals surface area contributed by atoms with Crippen LogP contribution in [0.2, 0.25) is 5.02 Å². The first kappa shape index (κ1) is 16.5. The van der Waals surface area contributed by atoms with E-state index in [0.29, 0.717) is 22.0 Å². The molecule has 6 nitrogen and oxygen atoms in total. The first-order valence-electron chi connectivity index (χ1n) is 6.67. The van der Waals surface area contributed by atoms with E-state index in [2.05, 4.69) is 15.8 Å². The van der Waals surface area contributed by atoms with Crippen LogP contribution in [0.1, 0.15) is 12.5 Å². The maximum absolute atomic E-state index is 11.8. The van der Waals surface area contributed by atoms with Crippen LogP contribution in [0.3, 0.4) is 0 Å². The number of phenols is 1. The maximum Gasteiger partial charge on any atom is 0.329 e. The number of carbonyl (C=O) groups excluding carboxylic acids is 2. The first-order valence-corrected chi connectivity index (χ1v) is 7.04. The molecule has 3 N–H and O–H groups in total. The van der Waals surface area contributed by atoms with Crippen molar-refractivity contribution in [2.45, 2.75) is 6.92 Å². The van der Waals surface area contributed by atoms with Gasteiger partial charge >= 0.3 is 11.8 Å². The highest BCUT2D eigenvalue weighted by Crippen LogP contribution is 2.16. The highest BCUT2D eigenvalue weighted by molar-refractivity contribution is 6.40. The van der Waals surface area contributed by atoms with Gasteiger partial charge in [0, 0.05) is 16.3 Å². The van der Waals surface area contributed by atoms with Crippen molar-refractivity contribution in [2.24, 2.45) is 5.10 Å². The van der Waals surface area contributed by atoms with Crippen molar-refractivity contribution in [1.82, 2.24) is 5.43 Å². The van der Waals surface area contributed by atoms with Crippen LogP contribution in [0.15, 0.2) is 53.6 Å². The quantitative estimate of drug-likeness (QED) is 0.458. The smallest absolute Gasteiger partial charge is 0.329 e. The molecule has 2 aromatic rings. The maximum atomic E-state index is 11.8. The standard InChI is InChI=1S/C16H14ClN3O3/c1-10(13-7-2-3-8-14(13)21)19-20-16(23)15(22)18-12-6-4-5-11(17)9-12/h2-9,21H,1H3,(H,18,22)(H,20,23)/b19-10+. The van der Waals surface area contributed by atoms with E-state index < -0.39 is 11.8 Å². The molecule has 0 saturated heterocycles. The lowest BCUT2D eigenvalue weighted by Gasteiger charge is -2.06. The summed E-state index contributed by atoms with van der Waals surface area (Å²) in [5, 5.41) is 16.3. The molecular formula is C16H14ClN3O3. The Morgan fingerprint density at radius 1 is 1.09 bits per heavy atom. The van der Waals surface area contributed by atoms with Crippen LogP contribution >= 0.6 is 11.6 Å². The third-order valence-electron chi connectivity index (χ3n) is 2.91. The van der Waals surface area contributed by atoms with Crippen LogP contribution in [0.4, 0.5) is 5.69 Å². The highest BCUT2D eigenvalue weighted by Gasteiger charge is 2.13. The summed E-state index contributed by atoms with van der Waals surface area (Å²) in [6.07, 6.45) is 0. The summed E-state index contributed by atoms with van der Waals surface area (Å²) >= 11 is 5.80. The number of rotatable bonds is 3. The van der Waals surface area contributed by atoms with Gasteiger partial charge in [0.05, 0.1) is 5.71 Å². The topological polar surface area (TPSA) is 90.8 Å². The third-order valence-corrected chi connectivity index (χ3v) is 3.14. The predicted molar refractivity (Wildman–Crippen MR) is 88.5 cm³/mol. The number of anilines is 1. The van der Waals surface area contributed by atoms with Gasteiger partial charge in [0.15, 0.2) is 0 Å². The molecule has 0 unspecified atom stereocenters. The second kappa shape index (κ2) is 7.42. The second-order valence-corrected chi connectivity index (χ2v) is 5.06. The minimum atomic E-state index is -0.931. The highest BCUT2D eigenvalue weighted by atomic mass is 35.5. The number of para-hydroxylation sites is 1. The number of nitrogens with zero attached hydrogens (tertiary/aromatic N) is 1. The number of hydrogen-bond donors (Lipinski definition) is 3. The van der Waals surface area contributed by atoms with Crippen molar-refractivity contribution < 1.29 is 14.7 Å². The summed E-state index contributed by atoms with van der Waals surface area (Å²) in [5.41, 5.74) is 3.37. The predicted octanol–water partition coefficient (Wildman–Crippen LogP) is 2.52. The van der Waals surface area contributed by atoms with Crippen molar-refractivity contribution in [3.05, 3.63) is 59.1 Å². The molecule has 2 aromatic carbocycles. The zero-order valence-corrected chi connectivity index (χ0v) is 13.0. The number of amides is 2. The van der Waals surface area contributed by atoms with Gasteiger partial charge < -0.3 is 10.4 Å². The van der Waals surface area contributed by atoms with Gasteiger partial charge in [0.2, 0.25) is 0 Å². The number of halogens is 1. The normalized spacial score (nSPS) is 11.0. The lowest BCUT2D eigenvalue weighted by atomic mass is 10.1. The van der Waals surface area contributed by atoms with Crippen LogP contribution in [0.5, 0.6) is 5.75 Å². The van der Waals surface area contributed by atoms with Gasteiger partial charge in [-0.05, 0) is 37.3 Å². The van der Waals surface area contributed by atoms with Crippen molar-refractivity contribution in [3.63, 3.8) is 0 Å². The molecule has 0 aliphatic carbocycles. The Morgan fingerprint density at radius 2 is 1.83 bits per heavy atom. The van der Waals surface area contributed by atoms with Crippen molar-refractivity contribution in [1.29, 1.82) is 0 Å². The Hall–Kier alpha value is -2.86. The van der Waals surface area contributed by atoms with E-state index in [-0.39, 0.29) is 5.75 Å². The number of phenolic OH excluding ortho intramolecular Hbond substituents is 1. The lowest BCUT2D eigenvalue weighted by molar-refractivity contribution is -0.136. The van der Waals surface area contributed by atoms with Crippen molar-refractivity contribution in [2.75, 3.05) is 5.32 Å². The second-order valence-electron chi connectivity index (χ2n) is 4.62. The summed E-state index contributed by atoms with van der Waals surface area (Å²) in [5.74, 6) is -1.77. The van der Waals surface area contributed by atoms with E-state index in [0.717, 1.165) is 0 Å². The van der Waals surface area contributed by atoms with Crippen molar-refractivity contribution in [3.8, 4) is 5.75 Å². The average Bonchev–Trinajstić information content (AvgIpc) is 2.52. The molecule has 0 heterocycles. The molecule has 0 saturated carbocycles. The molecule has 0 spiro atoms. The molecule has 2 amide bonds. The minimum Gasteiger partial charge on any atom is -0.507 e. The van der Waals surface area contributed by atoms with Crippen molar-refractivity contribution >= 4 is 34.8 Å². The monoisotopic (exact) mass is 331 g/mol. The van der Waals surface area contributed by atoms with Gasteiger partial charge in [0.1, 0.15) is 5.75 Å². The fraction of sp³-hybridized carbons (Fsp3) is 0.0625. The zero-order valence-electron chi connectivity index (χ0n) is 12.2. The van der Waals surface area contributed by atoms with Gasteiger partial charge in [-0.15, -0.1) is 0 Å². The largest absolute Gasteiger partial charge is 0.507 e. The van der Waals surface area contributed by atoms with E-state index in [1.165, 1.54) is 12.1 Å². The van der Waals surface area contributed by atoms with Crippen LogP contribution in [-0.4, -0.2) is 22.6 Å². The lowest BCUT2D eigenvalue weighted by Crippen LogP contribution is -2.32.